The molecule has 0 aromatic rings. The second kappa shape index (κ2) is 11.4. The zero-order chi connectivity index (χ0) is 22.9. The lowest BCUT2D eigenvalue weighted by atomic mass is 9.88. The molecule has 8 heteroatoms. The van der Waals surface area contributed by atoms with E-state index in [2.05, 4.69) is 12.2 Å². The topological polar surface area (TPSA) is 108 Å². The summed E-state index contributed by atoms with van der Waals surface area (Å²) in [7, 11) is 0. The first-order valence-electron chi connectivity index (χ1n) is 10.5. The van der Waals surface area contributed by atoms with E-state index in [1.807, 2.05) is 0 Å². The Bertz CT molecular complexity index is 550. The molecule has 0 unspecified atom stereocenters. The van der Waals surface area contributed by atoms with Crippen molar-refractivity contribution in [1.29, 1.82) is 0 Å². The van der Waals surface area contributed by atoms with E-state index in [1.165, 1.54) is 6.92 Å². The van der Waals surface area contributed by atoms with Crippen LogP contribution in [-0.4, -0.2) is 39.8 Å². The predicted molar refractivity (Wildman–Crippen MR) is 112 cm³/mol. The highest BCUT2D eigenvalue weighted by molar-refractivity contribution is 5.81. The van der Waals surface area contributed by atoms with Crippen molar-refractivity contribution in [3.63, 3.8) is 0 Å². The molecule has 0 spiro atoms. The molecule has 0 aliphatic heterocycles. The maximum Gasteiger partial charge on any atom is 0.408 e. The van der Waals surface area contributed by atoms with Crippen LogP contribution in [0.3, 0.4) is 0 Å². The standard InChI is InChI=1S/C21H40N2O6/c1-9-10-11-12-13-14-15-16(22-18(25)29-20(5,6)7)21(8,23(26)27)17(24)28-19(2,3)4/h16H,9-15H2,1-8H3,(H,22,25)/t16-,21+/m0/s1. The van der Waals surface area contributed by atoms with Crippen LogP contribution in [0, 0.1) is 10.1 Å². The van der Waals surface area contributed by atoms with Crippen LogP contribution < -0.4 is 5.32 Å². The number of carbonyl (C=O) groups is 2. The normalized spacial score (nSPS) is 15.2. The summed E-state index contributed by atoms with van der Waals surface area (Å²) >= 11 is 0. The summed E-state index contributed by atoms with van der Waals surface area (Å²) < 4.78 is 10.6. The number of nitro groups is 1. The van der Waals surface area contributed by atoms with Crippen molar-refractivity contribution in [3.8, 4) is 0 Å². The average Bonchev–Trinajstić information content (AvgIpc) is 2.52. The van der Waals surface area contributed by atoms with E-state index in [0.717, 1.165) is 32.1 Å². The molecule has 1 N–H and O–H groups in total. The molecule has 0 saturated heterocycles. The predicted octanol–water partition coefficient (Wildman–Crippen LogP) is 5.01. The third kappa shape index (κ3) is 10.5. The van der Waals surface area contributed by atoms with Crippen LogP contribution >= 0.6 is 0 Å². The second-order valence-corrected chi connectivity index (χ2v) is 9.66. The Balaban J connectivity index is 5.48. The van der Waals surface area contributed by atoms with Gasteiger partial charge in [-0.2, -0.15) is 0 Å². The number of nitrogens with one attached hydrogen (secondary N) is 1. The van der Waals surface area contributed by atoms with Crippen molar-refractivity contribution >= 4 is 12.1 Å². The zero-order valence-corrected chi connectivity index (χ0v) is 19.4. The van der Waals surface area contributed by atoms with Crippen molar-refractivity contribution in [2.45, 2.75) is 123 Å². The Kier molecular flexibility index (Phi) is 10.6. The summed E-state index contributed by atoms with van der Waals surface area (Å²) in [5.74, 6) is -0.970. The van der Waals surface area contributed by atoms with Gasteiger partial charge in [0.1, 0.15) is 17.2 Å². The molecule has 0 aromatic carbocycles. The number of rotatable bonds is 11. The second-order valence-electron chi connectivity index (χ2n) is 9.66. The molecule has 2 atom stereocenters. The first-order chi connectivity index (χ1) is 13.1. The number of ether oxygens (including phenoxy) is 2. The lowest BCUT2D eigenvalue weighted by Gasteiger charge is -2.32. The van der Waals surface area contributed by atoms with E-state index in [9.17, 15) is 19.7 Å². The van der Waals surface area contributed by atoms with E-state index < -0.39 is 39.8 Å². The molecule has 0 bridgehead atoms. The fourth-order valence-electron chi connectivity index (χ4n) is 2.80. The third-order valence-electron chi connectivity index (χ3n) is 4.41. The SMILES string of the molecule is CCCCCCCC[C@H](NC(=O)OC(C)(C)C)[C@](C)(C(=O)OC(C)(C)C)[N+](=O)[O-]. The van der Waals surface area contributed by atoms with E-state index in [0.29, 0.717) is 6.42 Å². The number of alkyl carbamates (subject to hydrolysis) is 1. The Labute approximate surface area is 175 Å². The fraction of sp³-hybridized carbons (Fsp3) is 0.905. The maximum atomic E-state index is 12.7. The van der Waals surface area contributed by atoms with Crippen molar-refractivity contribution in [1.82, 2.24) is 5.32 Å². The Morgan fingerprint density at radius 2 is 1.38 bits per heavy atom. The number of hydrogen-bond donors (Lipinski definition) is 1. The summed E-state index contributed by atoms with van der Waals surface area (Å²) in [6, 6.07) is -1.05. The minimum atomic E-state index is -2.12. The number of nitrogens with zero attached hydrogens (tertiary/aromatic N) is 1. The largest absolute Gasteiger partial charge is 0.455 e. The quantitative estimate of drug-likeness (QED) is 0.220. The highest BCUT2D eigenvalue weighted by atomic mass is 16.6. The van der Waals surface area contributed by atoms with Crippen molar-refractivity contribution in [2.75, 3.05) is 0 Å². The number of hydrogen-bond acceptors (Lipinski definition) is 6. The highest BCUT2D eigenvalue weighted by Crippen LogP contribution is 2.25. The van der Waals surface area contributed by atoms with E-state index in [4.69, 9.17) is 9.47 Å². The lowest BCUT2D eigenvalue weighted by Crippen LogP contribution is -2.61. The molecule has 0 aromatic heterocycles. The van der Waals surface area contributed by atoms with Gasteiger partial charge in [-0.3, -0.25) is 10.1 Å². The van der Waals surface area contributed by atoms with Gasteiger partial charge in [-0.1, -0.05) is 45.4 Å². The molecule has 8 nitrogen and oxygen atoms in total. The first-order valence-corrected chi connectivity index (χ1v) is 10.5. The molecule has 0 saturated carbocycles. The van der Waals surface area contributed by atoms with Crippen LogP contribution in [0.4, 0.5) is 4.79 Å². The van der Waals surface area contributed by atoms with E-state index in [1.54, 1.807) is 41.5 Å². The van der Waals surface area contributed by atoms with Crippen molar-refractivity contribution in [2.24, 2.45) is 0 Å². The first kappa shape index (κ1) is 27.1. The fourth-order valence-corrected chi connectivity index (χ4v) is 2.80. The van der Waals surface area contributed by atoms with Gasteiger partial charge in [0.05, 0.1) is 0 Å². The molecule has 0 fully saturated rings. The minimum absolute atomic E-state index is 0.280. The molecule has 0 radical (unpaired) electrons. The molecule has 1 amide bonds. The van der Waals surface area contributed by atoms with Crippen molar-refractivity contribution in [3.05, 3.63) is 10.1 Å². The van der Waals surface area contributed by atoms with Gasteiger partial charge in [-0.05, 0) is 48.0 Å². The number of esters is 1. The molecular weight excluding hydrogens is 376 g/mol. The Hall–Kier alpha value is -1.86. The van der Waals surface area contributed by atoms with Gasteiger partial charge >= 0.3 is 17.6 Å². The van der Waals surface area contributed by atoms with Crippen molar-refractivity contribution < 1.29 is 24.0 Å². The monoisotopic (exact) mass is 416 g/mol. The van der Waals surface area contributed by atoms with Crippen LogP contribution in [0.5, 0.6) is 0 Å². The molecule has 0 heterocycles. The maximum absolute atomic E-state index is 12.7. The van der Waals surface area contributed by atoms with Gasteiger partial charge in [0, 0.05) is 11.8 Å². The van der Waals surface area contributed by atoms with E-state index >= 15 is 0 Å². The molecule has 0 aliphatic carbocycles. The lowest BCUT2D eigenvalue weighted by molar-refractivity contribution is -0.556. The van der Waals surface area contributed by atoms with Crippen LogP contribution in [0.15, 0.2) is 0 Å². The smallest absolute Gasteiger partial charge is 0.408 e. The minimum Gasteiger partial charge on any atom is -0.455 e. The number of amides is 1. The molecule has 29 heavy (non-hydrogen) atoms. The summed E-state index contributed by atoms with van der Waals surface area (Å²) in [6.45, 7) is 13.4. The summed E-state index contributed by atoms with van der Waals surface area (Å²) in [4.78, 5) is 36.3. The van der Waals surface area contributed by atoms with Crippen LogP contribution in [0.25, 0.3) is 0 Å². The molecule has 0 rings (SSSR count). The summed E-state index contributed by atoms with van der Waals surface area (Å²) in [5, 5.41) is 14.5. The van der Waals surface area contributed by atoms with Crippen LogP contribution in [0.2, 0.25) is 0 Å². The van der Waals surface area contributed by atoms with Gasteiger partial charge in [0.25, 0.3) is 0 Å². The highest BCUT2D eigenvalue weighted by Gasteiger charge is 2.56. The summed E-state index contributed by atoms with van der Waals surface area (Å²) in [5.41, 5.74) is -3.76. The van der Waals surface area contributed by atoms with Crippen LogP contribution in [-0.2, 0) is 14.3 Å². The average molecular weight is 417 g/mol. The Morgan fingerprint density at radius 3 is 1.83 bits per heavy atom. The molecule has 0 aliphatic rings. The van der Waals surface area contributed by atoms with E-state index in [-0.39, 0.29) is 6.42 Å². The summed E-state index contributed by atoms with van der Waals surface area (Å²) in [6.07, 6.45) is 5.39. The van der Waals surface area contributed by atoms with Gasteiger partial charge < -0.3 is 14.8 Å². The van der Waals surface area contributed by atoms with Gasteiger partial charge in [-0.15, -0.1) is 0 Å². The number of carbonyl (C=O) groups excluding carboxylic acids is 2. The van der Waals surface area contributed by atoms with Crippen LogP contribution in [0.1, 0.15) is 100 Å². The Morgan fingerprint density at radius 1 is 0.897 bits per heavy atom. The van der Waals surface area contributed by atoms with Gasteiger partial charge in [-0.25, -0.2) is 9.59 Å². The molecular formula is C21H40N2O6. The van der Waals surface area contributed by atoms with Gasteiger partial charge in [0.2, 0.25) is 0 Å². The number of unbranched alkanes of at least 4 members (excludes halogenated alkanes) is 5. The van der Waals surface area contributed by atoms with Gasteiger partial charge in [0.15, 0.2) is 0 Å². The zero-order valence-electron chi connectivity index (χ0n) is 19.4. The third-order valence-corrected chi connectivity index (χ3v) is 4.41. The molecule has 170 valence electrons.